The van der Waals surface area contributed by atoms with Gasteiger partial charge in [-0.15, -0.1) is 0 Å². The lowest BCUT2D eigenvalue weighted by atomic mass is 10.0. The second kappa shape index (κ2) is 8.46. The van der Waals surface area contributed by atoms with Gasteiger partial charge in [0.15, 0.2) is 0 Å². The minimum absolute atomic E-state index is 0.191. The van der Waals surface area contributed by atoms with E-state index < -0.39 is 0 Å². The lowest BCUT2D eigenvalue weighted by molar-refractivity contribution is 0.141. The molecule has 1 aromatic carbocycles. The number of rotatable bonds is 8. The maximum absolute atomic E-state index is 13.0. The molecule has 1 unspecified atom stereocenters. The van der Waals surface area contributed by atoms with Crippen LogP contribution in [0.3, 0.4) is 0 Å². The van der Waals surface area contributed by atoms with Gasteiger partial charge in [0.2, 0.25) is 0 Å². The Hall–Kier alpha value is -0.640. The van der Waals surface area contributed by atoms with Gasteiger partial charge in [-0.1, -0.05) is 17.7 Å². The predicted octanol–water partition coefficient (Wildman–Crippen LogP) is 3.43. The van der Waals surface area contributed by atoms with Crippen LogP contribution in [0.2, 0.25) is 5.02 Å². The van der Waals surface area contributed by atoms with Crippen LogP contribution in [0.25, 0.3) is 0 Å². The third-order valence-corrected chi connectivity index (χ3v) is 3.21. The highest BCUT2D eigenvalue weighted by Gasteiger charge is 2.08. The normalized spacial score (nSPS) is 12.7. The third kappa shape index (κ3) is 5.34. The molecule has 0 spiro atoms. The molecule has 1 atom stereocenters. The van der Waals surface area contributed by atoms with Crippen molar-refractivity contribution in [2.75, 3.05) is 20.3 Å². The van der Waals surface area contributed by atoms with Crippen molar-refractivity contribution < 1.29 is 9.13 Å². The molecule has 0 heterocycles. The van der Waals surface area contributed by atoms with Crippen LogP contribution < -0.4 is 5.32 Å². The summed E-state index contributed by atoms with van der Waals surface area (Å²) in [7, 11) is 1.94. The van der Waals surface area contributed by atoms with Gasteiger partial charge < -0.3 is 10.1 Å². The molecule has 0 saturated carbocycles. The zero-order valence-corrected chi connectivity index (χ0v) is 11.8. The number of nitrogens with one attached hydrogen (secondary N) is 1. The largest absolute Gasteiger partial charge is 0.382 e. The Bertz CT molecular complexity index is 360. The number of hydrogen-bond acceptors (Lipinski definition) is 2. The first kappa shape index (κ1) is 15.4. The van der Waals surface area contributed by atoms with Crippen LogP contribution in [0.15, 0.2) is 18.2 Å². The highest BCUT2D eigenvalue weighted by molar-refractivity contribution is 6.30. The molecule has 0 aromatic heterocycles. The predicted molar refractivity (Wildman–Crippen MR) is 73.7 cm³/mol. The fourth-order valence-electron chi connectivity index (χ4n) is 1.88. The lowest BCUT2D eigenvalue weighted by Gasteiger charge is -2.16. The molecule has 4 heteroatoms. The van der Waals surface area contributed by atoms with Gasteiger partial charge >= 0.3 is 0 Å². The Morgan fingerprint density at radius 1 is 1.44 bits per heavy atom. The number of hydrogen-bond donors (Lipinski definition) is 1. The fourth-order valence-corrected chi connectivity index (χ4v) is 2.08. The van der Waals surface area contributed by atoms with Crippen molar-refractivity contribution in [3.05, 3.63) is 34.6 Å². The average molecular weight is 274 g/mol. The fraction of sp³-hybridized carbons (Fsp3) is 0.571. The molecule has 0 aliphatic rings. The molecule has 0 saturated heterocycles. The van der Waals surface area contributed by atoms with Gasteiger partial charge in [-0.25, -0.2) is 4.39 Å². The van der Waals surface area contributed by atoms with Crippen LogP contribution in [-0.2, 0) is 11.2 Å². The average Bonchev–Trinajstić information content (AvgIpc) is 2.37. The Morgan fingerprint density at radius 3 is 2.83 bits per heavy atom. The summed E-state index contributed by atoms with van der Waals surface area (Å²) in [6.45, 7) is 3.55. The summed E-state index contributed by atoms with van der Waals surface area (Å²) in [6, 6.07) is 5.27. The van der Waals surface area contributed by atoms with E-state index in [2.05, 4.69) is 5.32 Å². The van der Waals surface area contributed by atoms with Crippen molar-refractivity contribution in [2.45, 2.75) is 32.2 Å². The molecule has 0 amide bonds. The molecule has 0 bridgehead atoms. The van der Waals surface area contributed by atoms with Gasteiger partial charge in [0.05, 0.1) is 5.02 Å². The molecule has 102 valence electrons. The molecule has 1 rings (SSSR count). The summed E-state index contributed by atoms with van der Waals surface area (Å²) in [4.78, 5) is 0. The van der Waals surface area contributed by atoms with E-state index in [0.29, 0.717) is 6.04 Å². The molecule has 0 fully saturated rings. The summed E-state index contributed by atoms with van der Waals surface area (Å²) >= 11 is 5.77. The Morgan fingerprint density at radius 2 is 2.22 bits per heavy atom. The van der Waals surface area contributed by atoms with E-state index in [-0.39, 0.29) is 10.8 Å². The zero-order valence-electron chi connectivity index (χ0n) is 11.0. The SMILES string of the molecule is CCOCCCC(Cc1ccc(F)c(Cl)c1)NC. The Labute approximate surface area is 113 Å². The van der Waals surface area contributed by atoms with Crippen molar-refractivity contribution in [2.24, 2.45) is 0 Å². The summed E-state index contributed by atoms with van der Waals surface area (Å²) in [5, 5.41) is 3.46. The second-order valence-electron chi connectivity index (χ2n) is 4.28. The van der Waals surface area contributed by atoms with Crippen molar-refractivity contribution in [3.8, 4) is 0 Å². The molecular weight excluding hydrogens is 253 g/mol. The van der Waals surface area contributed by atoms with E-state index in [4.69, 9.17) is 16.3 Å². The van der Waals surface area contributed by atoms with Crippen molar-refractivity contribution in [3.63, 3.8) is 0 Å². The molecule has 0 aliphatic carbocycles. The van der Waals surface area contributed by atoms with Crippen LogP contribution in [-0.4, -0.2) is 26.3 Å². The molecular formula is C14H21ClFNO. The summed E-state index contributed by atoms with van der Waals surface area (Å²) < 4.78 is 18.4. The number of likely N-dealkylation sites (N-methyl/N-ethyl adjacent to an activating group) is 1. The molecule has 0 radical (unpaired) electrons. The van der Waals surface area contributed by atoms with E-state index >= 15 is 0 Å². The van der Waals surface area contributed by atoms with E-state index in [9.17, 15) is 4.39 Å². The first-order valence-electron chi connectivity index (χ1n) is 6.36. The molecule has 18 heavy (non-hydrogen) atoms. The van der Waals surface area contributed by atoms with Gasteiger partial charge in [-0.3, -0.25) is 0 Å². The maximum Gasteiger partial charge on any atom is 0.141 e. The van der Waals surface area contributed by atoms with Gasteiger partial charge in [-0.05, 0) is 50.9 Å². The van der Waals surface area contributed by atoms with Crippen molar-refractivity contribution in [1.29, 1.82) is 0 Å². The van der Waals surface area contributed by atoms with E-state index in [1.54, 1.807) is 12.1 Å². The summed E-state index contributed by atoms with van der Waals surface area (Å²) in [5.74, 6) is -0.363. The van der Waals surface area contributed by atoms with Crippen LogP contribution in [0.4, 0.5) is 4.39 Å². The van der Waals surface area contributed by atoms with Gasteiger partial charge in [0.25, 0.3) is 0 Å². The third-order valence-electron chi connectivity index (χ3n) is 2.92. The Balaban J connectivity index is 2.44. The van der Waals surface area contributed by atoms with Crippen molar-refractivity contribution >= 4 is 11.6 Å². The minimum atomic E-state index is -0.363. The lowest BCUT2D eigenvalue weighted by Crippen LogP contribution is -2.27. The van der Waals surface area contributed by atoms with E-state index in [1.165, 1.54) is 6.07 Å². The van der Waals surface area contributed by atoms with Crippen LogP contribution in [0.1, 0.15) is 25.3 Å². The first-order chi connectivity index (χ1) is 8.67. The number of halogens is 2. The Kier molecular flexibility index (Phi) is 7.25. The minimum Gasteiger partial charge on any atom is -0.382 e. The van der Waals surface area contributed by atoms with Crippen molar-refractivity contribution in [1.82, 2.24) is 5.32 Å². The highest BCUT2D eigenvalue weighted by atomic mass is 35.5. The molecule has 2 nitrogen and oxygen atoms in total. The van der Waals surface area contributed by atoms with Gasteiger partial charge in [0, 0.05) is 19.3 Å². The van der Waals surface area contributed by atoms with Crippen LogP contribution >= 0.6 is 11.6 Å². The quantitative estimate of drug-likeness (QED) is 0.733. The van der Waals surface area contributed by atoms with Gasteiger partial charge in [0.1, 0.15) is 5.82 Å². The van der Waals surface area contributed by atoms with Crippen LogP contribution in [0, 0.1) is 5.82 Å². The molecule has 1 N–H and O–H groups in total. The standard InChI is InChI=1S/C14H21ClFNO/c1-3-18-8-4-5-12(17-2)9-11-6-7-14(16)13(15)10-11/h6-7,10,12,17H,3-5,8-9H2,1-2H3. The second-order valence-corrected chi connectivity index (χ2v) is 4.68. The monoisotopic (exact) mass is 273 g/mol. The number of ether oxygens (including phenoxy) is 1. The summed E-state index contributed by atoms with van der Waals surface area (Å²) in [5.41, 5.74) is 1.05. The first-order valence-corrected chi connectivity index (χ1v) is 6.74. The van der Waals surface area contributed by atoms with E-state index in [0.717, 1.165) is 38.0 Å². The smallest absolute Gasteiger partial charge is 0.141 e. The van der Waals surface area contributed by atoms with Gasteiger partial charge in [-0.2, -0.15) is 0 Å². The molecule has 1 aromatic rings. The van der Waals surface area contributed by atoms with E-state index in [1.807, 2.05) is 14.0 Å². The van der Waals surface area contributed by atoms with Crippen LogP contribution in [0.5, 0.6) is 0 Å². The maximum atomic E-state index is 13.0. The summed E-state index contributed by atoms with van der Waals surface area (Å²) in [6.07, 6.45) is 2.91. The topological polar surface area (TPSA) is 21.3 Å². The zero-order chi connectivity index (χ0) is 13.4. The molecule has 0 aliphatic heterocycles. The number of benzene rings is 1. The highest BCUT2D eigenvalue weighted by Crippen LogP contribution is 2.17.